The van der Waals surface area contributed by atoms with Crippen LogP contribution in [0.4, 0.5) is 5.69 Å². The molecule has 1 aromatic rings. The predicted octanol–water partition coefficient (Wildman–Crippen LogP) is 1.51. The number of sulfonamides is 1. The molecule has 0 atom stereocenters. The topological polar surface area (TPSA) is 98.5 Å². The highest BCUT2D eigenvalue weighted by molar-refractivity contribution is 7.89. The van der Waals surface area contributed by atoms with E-state index in [1.54, 1.807) is 32.9 Å². The maximum Gasteiger partial charge on any atom is 0.305 e. The second-order valence-electron chi connectivity index (χ2n) is 4.73. The first-order chi connectivity index (χ1) is 9.79. The lowest BCUT2D eigenvalue weighted by Gasteiger charge is -2.13. The average molecular weight is 314 g/mol. The Bertz CT molecular complexity index is 612. The van der Waals surface area contributed by atoms with Crippen LogP contribution in [-0.4, -0.2) is 27.5 Å². The van der Waals surface area contributed by atoms with Gasteiger partial charge in [0.15, 0.2) is 0 Å². The standard InChI is InChI=1S/C14H22N2O4S/c1-4-20-13(17)6-5-9-16-21(18,19)14-10(2)7-8-12(15)11(14)3/h7-8,16H,4-6,9,15H2,1-3H3. The van der Waals surface area contributed by atoms with E-state index < -0.39 is 10.0 Å². The minimum atomic E-state index is -3.64. The zero-order valence-electron chi connectivity index (χ0n) is 12.6. The number of hydrogen-bond donors (Lipinski definition) is 2. The number of benzene rings is 1. The lowest BCUT2D eigenvalue weighted by Crippen LogP contribution is -2.27. The van der Waals surface area contributed by atoms with Crippen LogP contribution < -0.4 is 10.5 Å². The smallest absolute Gasteiger partial charge is 0.305 e. The Kier molecular flexibility index (Phi) is 6.17. The lowest BCUT2D eigenvalue weighted by molar-refractivity contribution is -0.143. The van der Waals surface area contributed by atoms with Crippen molar-refractivity contribution in [3.8, 4) is 0 Å². The summed E-state index contributed by atoms with van der Waals surface area (Å²) in [5.41, 5.74) is 7.37. The number of carbonyl (C=O) groups excluding carboxylic acids is 1. The molecule has 0 unspecified atom stereocenters. The van der Waals surface area contributed by atoms with Crippen LogP contribution in [-0.2, 0) is 19.6 Å². The number of nitrogens with one attached hydrogen (secondary N) is 1. The number of nitrogens with two attached hydrogens (primary N) is 1. The predicted molar refractivity (Wildman–Crippen MR) is 81.4 cm³/mol. The first-order valence-corrected chi connectivity index (χ1v) is 8.29. The average Bonchev–Trinajstić information content (AvgIpc) is 2.40. The summed E-state index contributed by atoms with van der Waals surface area (Å²) >= 11 is 0. The minimum Gasteiger partial charge on any atom is -0.466 e. The highest BCUT2D eigenvalue weighted by atomic mass is 32.2. The molecule has 0 spiro atoms. The van der Waals surface area contributed by atoms with Gasteiger partial charge in [0, 0.05) is 18.7 Å². The molecule has 1 aromatic carbocycles. The second kappa shape index (κ2) is 7.42. The number of rotatable bonds is 7. The molecule has 118 valence electrons. The molecule has 7 heteroatoms. The van der Waals surface area contributed by atoms with Crippen molar-refractivity contribution in [1.29, 1.82) is 0 Å². The molecule has 0 fully saturated rings. The Labute approximate surface area is 125 Å². The van der Waals surface area contributed by atoms with Gasteiger partial charge in [-0.15, -0.1) is 0 Å². The molecule has 0 saturated heterocycles. The van der Waals surface area contributed by atoms with E-state index in [1.807, 2.05) is 0 Å². The van der Waals surface area contributed by atoms with Crippen molar-refractivity contribution in [2.75, 3.05) is 18.9 Å². The third-order valence-corrected chi connectivity index (χ3v) is 4.82. The molecule has 0 heterocycles. The molecule has 0 amide bonds. The fourth-order valence-corrected chi connectivity index (χ4v) is 3.57. The molecule has 0 bridgehead atoms. The zero-order valence-corrected chi connectivity index (χ0v) is 13.4. The van der Waals surface area contributed by atoms with Crippen LogP contribution in [0.5, 0.6) is 0 Å². The Morgan fingerprint density at radius 3 is 2.62 bits per heavy atom. The van der Waals surface area contributed by atoms with Gasteiger partial charge in [-0.3, -0.25) is 4.79 Å². The normalized spacial score (nSPS) is 11.4. The Balaban J connectivity index is 2.71. The largest absolute Gasteiger partial charge is 0.466 e. The fourth-order valence-electron chi connectivity index (χ4n) is 2.00. The third kappa shape index (κ3) is 4.71. The van der Waals surface area contributed by atoms with Gasteiger partial charge in [-0.1, -0.05) is 6.07 Å². The molecule has 0 radical (unpaired) electrons. The van der Waals surface area contributed by atoms with Crippen molar-refractivity contribution in [2.45, 2.75) is 38.5 Å². The second-order valence-corrected chi connectivity index (χ2v) is 6.44. The van der Waals surface area contributed by atoms with Gasteiger partial charge in [-0.25, -0.2) is 13.1 Å². The molecule has 0 aromatic heterocycles. The lowest BCUT2D eigenvalue weighted by atomic mass is 10.1. The molecule has 6 nitrogen and oxygen atoms in total. The Morgan fingerprint density at radius 2 is 2.00 bits per heavy atom. The number of nitrogen functional groups attached to an aromatic ring is 1. The van der Waals surface area contributed by atoms with Gasteiger partial charge in [-0.2, -0.15) is 0 Å². The minimum absolute atomic E-state index is 0.175. The third-order valence-electron chi connectivity index (χ3n) is 3.07. The maximum absolute atomic E-state index is 12.3. The van der Waals surface area contributed by atoms with Gasteiger partial charge >= 0.3 is 5.97 Å². The van der Waals surface area contributed by atoms with E-state index in [4.69, 9.17) is 10.5 Å². The van der Waals surface area contributed by atoms with Crippen molar-refractivity contribution in [3.05, 3.63) is 23.3 Å². The van der Waals surface area contributed by atoms with Crippen molar-refractivity contribution < 1.29 is 17.9 Å². The van der Waals surface area contributed by atoms with Crippen LogP contribution in [0.15, 0.2) is 17.0 Å². The van der Waals surface area contributed by atoms with Gasteiger partial charge in [-0.05, 0) is 44.4 Å². The molecular weight excluding hydrogens is 292 g/mol. The summed E-state index contributed by atoms with van der Waals surface area (Å²) in [7, 11) is -3.64. The molecule has 3 N–H and O–H groups in total. The van der Waals surface area contributed by atoms with Crippen molar-refractivity contribution in [1.82, 2.24) is 4.72 Å². The quantitative estimate of drug-likeness (QED) is 0.451. The Morgan fingerprint density at radius 1 is 1.33 bits per heavy atom. The number of esters is 1. The summed E-state index contributed by atoms with van der Waals surface area (Å²) in [6.45, 7) is 5.63. The van der Waals surface area contributed by atoms with Crippen LogP contribution in [0.1, 0.15) is 30.9 Å². The van der Waals surface area contributed by atoms with Gasteiger partial charge in [0.05, 0.1) is 11.5 Å². The zero-order chi connectivity index (χ0) is 16.0. The highest BCUT2D eigenvalue weighted by Gasteiger charge is 2.20. The molecule has 0 aliphatic carbocycles. The summed E-state index contributed by atoms with van der Waals surface area (Å²) < 4.78 is 31.9. The van der Waals surface area contributed by atoms with Crippen molar-refractivity contribution >= 4 is 21.7 Å². The van der Waals surface area contributed by atoms with Crippen LogP contribution in [0.3, 0.4) is 0 Å². The van der Waals surface area contributed by atoms with E-state index in [0.717, 1.165) is 0 Å². The molecule has 0 aliphatic heterocycles. The van der Waals surface area contributed by atoms with Gasteiger partial charge in [0.2, 0.25) is 10.0 Å². The van der Waals surface area contributed by atoms with Gasteiger partial charge < -0.3 is 10.5 Å². The summed E-state index contributed by atoms with van der Waals surface area (Å²) in [5.74, 6) is -0.326. The first kappa shape index (κ1) is 17.5. The summed E-state index contributed by atoms with van der Waals surface area (Å²) in [6, 6.07) is 3.36. The summed E-state index contributed by atoms with van der Waals surface area (Å²) in [4.78, 5) is 11.4. The van der Waals surface area contributed by atoms with E-state index in [2.05, 4.69) is 4.72 Å². The van der Waals surface area contributed by atoms with E-state index in [-0.39, 0.29) is 23.8 Å². The number of ether oxygens (including phenoxy) is 1. The maximum atomic E-state index is 12.3. The van der Waals surface area contributed by atoms with E-state index in [1.165, 1.54) is 0 Å². The Hall–Kier alpha value is -1.60. The highest BCUT2D eigenvalue weighted by Crippen LogP contribution is 2.24. The van der Waals surface area contributed by atoms with E-state index in [0.29, 0.717) is 29.8 Å². The number of aryl methyl sites for hydroxylation is 1. The number of anilines is 1. The van der Waals surface area contributed by atoms with Crippen LogP contribution in [0.25, 0.3) is 0 Å². The SMILES string of the molecule is CCOC(=O)CCCNS(=O)(=O)c1c(C)ccc(N)c1C. The van der Waals surface area contributed by atoms with Crippen LogP contribution in [0.2, 0.25) is 0 Å². The van der Waals surface area contributed by atoms with Crippen molar-refractivity contribution in [2.24, 2.45) is 0 Å². The van der Waals surface area contributed by atoms with E-state index in [9.17, 15) is 13.2 Å². The van der Waals surface area contributed by atoms with Crippen LogP contribution in [0, 0.1) is 13.8 Å². The molecule has 1 rings (SSSR count). The molecular formula is C14H22N2O4S. The van der Waals surface area contributed by atoms with E-state index >= 15 is 0 Å². The number of carbonyl (C=O) groups is 1. The number of hydrogen-bond acceptors (Lipinski definition) is 5. The van der Waals surface area contributed by atoms with Crippen LogP contribution >= 0.6 is 0 Å². The first-order valence-electron chi connectivity index (χ1n) is 6.80. The molecule has 21 heavy (non-hydrogen) atoms. The van der Waals surface area contributed by atoms with Gasteiger partial charge in [0.25, 0.3) is 0 Å². The van der Waals surface area contributed by atoms with Gasteiger partial charge in [0.1, 0.15) is 0 Å². The summed E-state index contributed by atoms with van der Waals surface area (Å²) in [6.07, 6.45) is 0.573. The fraction of sp³-hybridized carbons (Fsp3) is 0.500. The molecule has 0 saturated carbocycles. The molecule has 0 aliphatic rings. The van der Waals surface area contributed by atoms with Crippen molar-refractivity contribution in [3.63, 3.8) is 0 Å². The summed E-state index contributed by atoms with van der Waals surface area (Å²) in [5, 5.41) is 0. The monoisotopic (exact) mass is 314 g/mol.